The van der Waals surface area contributed by atoms with Crippen LogP contribution in [0.2, 0.25) is 0 Å². The van der Waals surface area contributed by atoms with Crippen molar-refractivity contribution < 1.29 is 13.9 Å². The highest BCUT2D eigenvalue weighted by Gasteiger charge is 2.19. The van der Waals surface area contributed by atoms with E-state index >= 15 is 0 Å². The summed E-state index contributed by atoms with van der Waals surface area (Å²) < 4.78 is 11.8. The first-order valence-electron chi connectivity index (χ1n) is 9.09. The fourth-order valence-corrected chi connectivity index (χ4v) is 3.20. The smallest absolute Gasteiger partial charge is 0.265 e. The Morgan fingerprint density at radius 2 is 1.81 bits per heavy atom. The third kappa shape index (κ3) is 3.51. The van der Waals surface area contributed by atoms with Gasteiger partial charge in [0.05, 0.1) is 0 Å². The number of hydrogen-bond acceptors (Lipinski definition) is 3. The second-order valence-electron chi connectivity index (χ2n) is 6.63. The van der Waals surface area contributed by atoms with E-state index in [1.165, 1.54) is 0 Å². The monoisotopic (exact) mass is 359 g/mol. The molecular weight excluding hydrogens is 338 g/mol. The summed E-state index contributed by atoms with van der Waals surface area (Å²) in [7, 11) is 0. The summed E-state index contributed by atoms with van der Waals surface area (Å²) in [4.78, 5) is 12.7. The molecule has 0 saturated heterocycles. The lowest BCUT2D eigenvalue weighted by Gasteiger charge is -2.17. The Bertz CT molecular complexity index is 1110. The standard InChI is InChI=1S/C23H21NO3/c1-3-20(26-17-8-6-7-15(2)13-17)23(25)24-16-11-12-19-18-9-4-5-10-21(18)27-22(19)14-16/h4-14,20H,3H2,1-2H3,(H,24,25). The molecule has 4 aromatic rings. The summed E-state index contributed by atoms with van der Waals surface area (Å²) >= 11 is 0. The van der Waals surface area contributed by atoms with Gasteiger partial charge in [-0.2, -0.15) is 0 Å². The molecule has 1 heterocycles. The lowest BCUT2D eigenvalue weighted by Crippen LogP contribution is -2.32. The largest absolute Gasteiger partial charge is 0.481 e. The van der Waals surface area contributed by atoms with Gasteiger partial charge in [0.15, 0.2) is 6.10 Å². The summed E-state index contributed by atoms with van der Waals surface area (Å²) in [5.74, 6) is 0.527. The zero-order chi connectivity index (χ0) is 18.8. The molecule has 1 unspecified atom stereocenters. The summed E-state index contributed by atoms with van der Waals surface area (Å²) in [5.41, 5.74) is 3.38. The minimum absolute atomic E-state index is 0.172. The number of amides is 1. The zero-order valence-electron chi connectivity index (χ0n) is 15.4. The number of aryl methyl sites for hydroxylation is 1. The number of nitrogens with one attached hydrogen (secondary N) is 1. The molecule has 0 fully saturated rings. The molecule has 0 bridgehead atoms. The van der Waals surface area contributed by atoms with Crippen LogP contribution >= 0.6 is 0 Å². The van der Waals surface area contributed by atoms with E-state index in [2.05, 4.69) is 5.32 Å². The number of rotatable bonds is 5. The molecule has 4 nitrogen and oxygen atoms in total. The first-order chi connectivity index (χ1) is 13.1. The third-order valence-corrected chi connectivity index (χ3v) is 4.58. The molecule has 3 aromatic carbocycles. The number of benzene rings is 3. The fraction of sp³-hybridized carbons (Fsp3) is 0.174. The first kappa shape index (κ1) is 17.2. The van der Waals surface area contributed by atoms with Crippen LogP contribution in [0.1, 0.15) is 18.9 Å². The van der Waals surface area contributed by atoms with Gasteiger partial charge in [-0.15, -0.1) is 0 Å². The lowest BCUT2D eigenvalue weighted by molar-refractivity contribution is -0.122. The topological polar surface area (TPSA) is 51.5 Å². The van der Waals surface area contributed by atoms with E-state index in [1.54, 1.807) is 0 Å². The van der Waals surface area contributed by atoms with Crippen LogP contribution in [-0.2, 0) is 4.79 Å². The van der Waals surface area contributed by atoms with Crippen molar-refractivity contribution >= 4 is 33.5 Å². The Hall–Kier alpha value is -3.27. The molecule has 0 aliphatic carbocycles. The van der Waals surface area contributed by atoms with Gasteiger partial charge in [-0.05, 0) is 49.2 Å². The van der Waals surface area contributed by atoms with E-state index in [1.807, 2.05) is 80.6 Å². The number of furan rings is 1. The van der Waals surface area contributed by atoms with Gasteiger partial charge in [-0.1, -0.05) is 37.3 Å². The molecule has 0 radical (unpaired) electrons. The molecule has 0 saturated carbocycles. The quantitative estimate of drug-likeness (QED) is 0.498. The van der Waals surface area contributed by atoms with Crippen LogP contribution in [0.5, 0.6) is 5.75 Å². The van der Waals surface area contributed by atoms with Crippen LogP contribution in [0.3, 0.4) is 0 Å². The Labute approximate surface area is 157 Å². The number of para-hydroxylation sites is 1. The van der Waals surface area contributed by atoms with Crippen molar-refractivity contribution in [3.63, 3.8) is 0 Å². The summed E-state index contributed by atoms with van der Waals surface area (Å²) in [6, 6.07) is 21.3. The molecule has 0 aliphatic rings. The Morgan fingerprint density at radius 3 is 2.63 bits per heavy atom. The average molecular weight is 359 g/mol. The normalized spacial score (nSPS) is 12.2. The molecule has 1 aromatic heterocycles. The lowest BCUT2D eigenvalue weighted by atomic mass is 10.1. The maximum atomic E-state index is 12.7. The highest BCUT2D eigenvalue weighted by atomic mass is 16.5. The maximum absolute atomic E-state index is 12.7. The van der Waals surface area contributed by atoms with Gasteiger partial charge in [0.2, 0.25) is 0 Å². The summed E-state index contributed by atoms with van der Waals surface area (Å²) in [6.07, 6.45) is 0.0188. The van der Waals surface area contributed by atoms with Crippen molar-refractivity contribution in [2.45, 2.75) is 26.4 Å². The van der Waals surface area contributed by atoms with Crippen molar-refractivity contribution in [1.82, 2.24) is 0 Å². The first-order valence-corrected chi connectivity index (χ1v) is 9.09. The summed E-state index contributed by atoms with van der Waals surface area (Å²) in [5, 5.41) is 5.04. The minimum Gasteiger partial charge on any atom is -0.481 e. The number of anilines is 1. The number of carbonyl (C=O) groups is 1. The number of fused-ring (bicyclic) bond motifs is 3. The van der Waals surface area contributed by atoms with Crippen LogP contribution in [0.4, 0.5) is 5.69 Å². The van der Waals surface area contributed by atoms with E-state index in [-0.39, 0.29) is 5.91 Å². The predicted octanol–water partition coefficient (Wildman–Crippen LogP) is 5.69. The molecule has 1 N–H and O–H groups in total. The van der Waals surface area contributed by atoms with Gasteiger partial charge in [-0.3, -0.25) is 4.79 Å². The number of carbonyl (C=O) groups excluding carboxylic acids is 1. The highest BCUT2D eigenvalue weighted by Crippen LogP contribution is 2.30. The van der Waals surface area contributed by atoms with E-state index in [0.717, 1.165) is 27.5 Å². The van der Waals surface area contributed by atoms with Gasteiger partial charge in [0.25, 0.3) is 5.91 Å². The molecule has 4 heteroatoms. The number of hydrogen-bond donors (Lipinski definition) is 1. The van der Waals surface area contributed by atoms with Crippen molar-refractivity contribution in [2.75, 3.05) is 5.32 Å². The SMILES string of the molecule is CCC(Oc1cccc(C)c1)C(=O)Nc1ccc2c(c1)oc1ccccc12. The van der Waals surface area contributed by atoms with Crippen molar-refractivity contribution in [1.29, 1.82) is 0 Å². The van der Waals surface area contributed by atoms with Gasteiger partial charge < -0.3 is 14.5 Å². The second-order valence-corrected chi connectivity index (χ2v) is 6.63. The van der Waals surface area contributed by atoms with E-state index < -0.39 is 6.10 Å². The van der Waals surface area contributed by atoms with Crippen LogP contribution < -0.4 is 10.1 Å². The fourth-order valence-electron chi connectivity index (χ4n) is 3.20. The molecule has 1 amide bonds. The van der Waals surface area contributed by atoms with Gasteiger partial charge in [0, 0.05) is 22.5 Å². The summed E-state index contributed by atoms with van der Waals surface area (Å²) in [6.45, 7) is 3.93. The van der Waals surface area contributed by atoms with Crippen LogP contribution in [-0.4, -0.2) is 12.0 Å². The van der Waals surface area contributed by atoms with Crippen LogP contribution in [0, 0.1) is 6.92 Å². The Balaban J connectivity index is 1.54. The van der Waals surface area contributed by atoms with Gasteiger partial charge >= 0.3 is 0 Å². The molecule has 27 heavy (non-hydrogen) atoms. The average Bonchev–Trinajstić information content (AvgIpc) is 3.03. The van der Waals surface area contributed by atoms with E-state index in [0.29, 0.717) is 17.9 Å². The highest BCUT2D eigenvalue weighted by molar-refractivity contribution is 6.06. The van der Waals surface area contributed by atoms with Gasteiger partial charge in [0.1, 0.15) is 16.9 Å². The number of ether oxygens (including phenoxy) is 1. The van der Waals surface area contributed by atoms with Crippen molar-refractivity contribution in [3.05, 3.63) is 72.3 Å². The Kier molecular flexibility index (Phi) is 4.55. The van der Waals surface area contributed by atoms with E-state index in [9.17, 15) is 4.79 Å². The molecule has 136 valence electrons. The minimum atomic E-state index is -0.557. The van der Waals surface area contributed by atoms with Crippen LogP contribution in [0.25, 0.3) is 21.9 Å². The zero-order valence-corrected chi connectivity index (χ0v) is 15.4. The van der Waals surface area contributed by atoms with Gasteiger partial charge in [-0.25, -0.2) is 0 Å². The predicted molar refractivity (Wildman–Crippen MR) is 108 cm³/mol. The molecule has 0 aliphatic heterocycles. The molecule has 1 atom stereocenters. The second kappa shape index (κ2) is 7.16. The molecular formula is C23H21NO3. The molecule has 0 spiro atoms. The van der Waals surface area contributed by atoms with Crippen LogP contribution in [0.15, 0.2) is 71.1 Å². The Morgan fingerprint density at radius 1 is 1.00 bits per heavy atom. The third-order valence-electron chi connectivity index (χ3n) is 4.58. The maximum Gasteiger partial charge on any atom is 0.265 e. The van der Waals surface area contributed by atoms with Crippen molar-refractivity contribution in [3.8, 4) is 5.75 Å². The molecule has 4 rings (SSSR count). The van der Waals surface area contributed by atoms with Crippen molar-refractivity contribution in [2.24, 2.45) is 0 Å². The van der Waals surface area contributed by atoms with E-state index in [4.69, 9.17) is 9.15 Å².